The second kappa shape index (κ2) is 4.90. The molecule has 2 aliphatic heterocycles. The van der Waals surface area contributed by atoms with Gasteiger partial charge in [-0.15, -0.1) is 0 Å². The second-order valence-electron chi connectivity index (χ2n) is 5.49. The van der Waals surface area contributed by atoms with E-state index in [0.717, 1.165) is 32.8 Å². The van der Waals surface area contributed by atoms with E-state index in [4.69, 9.17) is 4.74 Å². The van der Waals surface area contributed by atoms with Crippen molar-refractivity contribution < 1.29 is 4.74 Å². The zero-order valence-electron chi connectivity index (χ0n) is 11.3. The standard InChI is InChI=1S/C15H22N2O/c1-11-4-3-5-13-14(11)16-10-12(2)15(13)17-6-8-18-9-7-17/h3-5,12,15-16H,6-10H2,1-2H3. The van der Waals surface area contributed by atoms with Gasteiger partial charge >= 0.3 is 0 Å². The summed E-state index contributed by atoms with van der Waals surface area (Å²) in [6, 6.07) is 7.20. The van der Waals surface area contributed by atoms with Crippen LogP contribution in [0.3, 0.4) is 0 Å². The summed E-state index contributed by atoms with van der Waals surface area (Å²) in [6.07, 6.45) is 0. The van der Waals surface area contributed by atoms with Gasteiger partial charge in [-0.2, -0.15) is 0 Å². The molecule has 18 heavy (non-hydrogen) atoms. The average molecular weight is 246 g/mol. The lowest BCUT2D eigenvalue weighted by molar-refractivity contribution is 0.00418. The summed E-state index contributed by atoms with van der Waals surface area (Å²) in [4.78, 5) is 2.59. The molecule has 1 aromatic carbocycles. The molecule has 0 saturated carbocycles. The minimum atomic E-state index is 0.546. The number of para-hydroxylation sites is 1. The van der Waals surface area contributed by atoms with Crippen LogP contribution < -0.4 is 5.32 Å². The lowest BCUT2D eigenvalue weighted by Gasteiger charge is -2.42. The van der Waals surface area contributed by atoms with E-state index in [9.17, 15) is 0 Å². The molecule has 1 N–H and O–H groups in total. The SMILES string of the molecule is Cc1cccc2c1NCC(C)C2N1CCOCC1. The molecule has 2 heterocycles. The van der Waals surface area contributed by atoms with E-state index in [0.29, 0.717) is 12.0 Å². The molecule has 1 saturated heterocycles. The third-order valence-electron chi connectivity index (χ3n) is 4.20. The van der Waals surface area contributed by atoms with Gasteiger partial charge in [-0.25, -0.2) is 0 Å². The van der Waals surface area contributed by atoms with Gasteiger partial charge in [0, 0.05) is 31.4 Å². The third-order valence-corrected chi connectivity index (χ3v) is 4.20. The molecule has 0 aromatic heterocycles. The first kappa shape index (κ1) is 12.0. The fourth-order valence-corrected chi connectivity index (χ4v) is 3.27. The molecule has 2 unspecified atom stereocenters. The van der Waals surface area contributed by atoms with Crippen LogP contribution in [-0.2, 0) is 4.74 Å². The van der Waals surface area contributed by atoms with Crippen LogP contribution in [-0.4, -0.2) is 37.7 Å². The Labute approximate surface area is 109 Å². The van der Waals surface area contributed by atoms with Crippen LogP contribution in [0.25, 0.3) is 0 Å². The highest BCUT2D eigenvalue weighted by molar-refractivity contribution is 5.60. The molecule has 0 radical (unpaired) electrons. The molecule has 1 aromatic rings. The van der Waals surface area contributed by atoms with Crippen molar-refractivity contribution in [3.63, 3.8) is 0 Å². The maximum absolute atomic E-state index is 5.48. The van der Waals surface area contributed by atoms with Crippen LogP contribution in [0.15, 0.2) is 18.2 Å². The van der Waals surface area contributed by atoms with Crippen molar-refractivity contribution >= 4 is 5.69 Å². The second-order valence-corrected chi connectivity index (χ2v) is 5.49. The van der Waals surface area contributed by atoms with Crippen molar-refractivity contribution in [2.75, 3.05) is 38.2 Å². The number of nitrogens with zero attached hydrogens (tertiary/aromatic N) is 1. The van der Waals surface area contributed by atoms with E-state index in [2.05, 4.69) is 42.3 Å². The van der Waals surface area contributed by atoms with Crippen LogP contribution in [0, 0.1) is 12.8 Å². The van der Waals surface area contributed by atoms with E-state index < -0.39 is 0 Å². The number of aryl methyl sites for hydroxylation is 1. The van der Waals surface area contributed by atoms with Crippen molar-refractivity contribution in [3.05, 3.63) is 29.3 Å². The summed E-state index contributed by atoms with van der Waals surface area (Å²) >= 11 is 0. The normalized spacial score (nSPS) is 28.6. The minimum absolute atomic E-state index is 0.546. The van der Waals surface area contributed by atoms with Gasteiger partial charge in [0.05, 0.1) is 13.2 Å². The number of anilines is 1. The van der Waals surface area contributed by atoms with Gasteiger partial charge in [-0.3, -0.25) is 4.90 Å². The molecule has 0 spiro atoms. The Morgan fingerprint density at radius 2 is 2.06 bits per heavy atom. The Kier molecular flexibility index (Phi) is 3.27. The first-order valence-electron chi connectivity index (χ1n) is 6.92. The van der Waals surface area contributed by atoms with Crippen LogP contribution in [0.1, 0.15) is 24.1 Å². The van der Waals surface area contributed by atoms with Crippen LogP contribution in [0.4, 0.5) is 5.69 Å². The van der Waals surface area contributed by atoms with Crippen LogP contribution >= 0.6 is 0 Å². The van der Waals surface area contributed by atoms with E-state index in [1.807, 2.05) is 0 Å². The lowest BCUT2D eigenvalue weighted by Crippen LogP contribution is -2.44. The van der Waals surface area contributed by atoms with Gasteiger partial charge in [0.1, 0.15) is 0 Å². The van der Waals surface area contributed by atoms with Crippen LogP contribution in [0.5, 0.6) is 0 Å². The molecule has 0 amide bonds. The number of benzene rings is 1. The highest BCUT2D eigenvalue weighted by Crippen LogP contribution is 2.39. The van der Waals surface area contributed by atoms with Crippen molar-refractivity contribution in [1.82, 2.24) is 4.90 Å². The van der Waals surface area contributed by atoms with Gasteiger partial charge in [-0.1, -0.05) is 25.1 Å². The Hall–Kier alpha value is -1.06. The lowest BCUT2D eigenvalue weighted by atomic mass is 9.86. The first-order chi connectivity index (χ1) is 8.77. The molecule has 2 aliphatic rings. The smallest absolute Gasteiger partial charge is 0.0594 e. The van der Waals surface area contributed by atoms with E-state index in [-0.39, 0.29) is 0 Å². The summed E-state index contributed by atoms with van der Waals surface area (Å²) in [5.74, 6) is 0.650. The number of hydrogen-bond donors (Lipinski definition) is 1. The maximum Gasteiger partial charge on any atom is 0.0594 e. The number of ether oxygens (including phenoxy) is 1. The highest BCUT2D eigenvalue weighted by Gasteiger charge is 2.32. The molecule has 3 heteroatoms. The molecule has 0 bridgehead atoms. The summed E-state index contributed by atoms with van der Waals surface area (Å²) < 4.78 is 5.48. The van der Waals surface area contributed by atoms with Crippen molar-refractivity contribution in [2.45, 2.75) is 19.9 Å². The van der Waals surface area contributed by atoms with Crippen LogP contribution in [0.2, 0.25) is 0 Å². The number of fused-ring (bicyclic) bond motifs is 1. The molecule has 0 aliphatic carbocycles. The Balaban J connectivity index is 1.96. The number of nitrogens with one attached hydrogen (secondary N) is 1. The predicted octanol–water partition coefficient (Wildman–Crippen LogP) is 2.43. The Bertz CT molecular complexity index is 427. The summed E-state index contributed by atoms with van der Waals surface area (Å²) in [7, 11) is 0. The first-order valence-corrected chi connectivity index (χ1v) is 6.92. The molecule has 2 atom stereocenters. The predicted molar refractivity (Wildman–Crippen MR) is 74.0 cm³/mol. The summed E-state index contributed by atoms with van der Waals surface area (Å²) in [6.45, 7) is 9.47. The largest absolute Gasteiger partial charge is 0.384 e. The maximum atomic E-state index is 5.48. The molecule has 3 rings (SSSR count). The quantitative estimate of drug-likeness (QED) is 0.823. The Morgan fingerprint density at radius 1 is 1.28 bits per heavy atom. The van der Waals surface area contributed by atoms with Gasteiger partial charge < -0.3 is 10.1 Å². The topological polar surface area (TPSA) is 24.5 Å². The molecular formula is C15H22N2O. The van der Waals surface area contributed by atoms with Crippen molar-refractivity contribution in [1.29, 1.82) is 0 Å². The highest BCUT2D eigenvalue weighted by atomic mass is 16.5. The van der Waals surface area contributed by atoms with Gasteiger partial charge in [0.15, 0.2) is 0 Å². The number of morpholine rings is 1. The fourth-order valence-electron chi connectivity index (χ4n) is 3.27. The zero-order valence-corrected chi connectivity index (χ0v) is 11.3. The van der Waals surface area contributed by atoms with Crippen molar-refractivity contribution in [2.24, 2.45) is 5.92 Å². The molecule has 98 valence electrons. The van der Waals surface area contributed by atoms with Gasteiger partial charge in [0.2, 0.25) is 0 Å². The molecular weight excluding hydrogens is 224 g/mol. The van der Waals surface area contributed by atoms with E-state index in [1.54, 1.807) is 0 Å². The average Bonchev–Trinajstić information content (AvgIpc) is 2.40. The number of hydrogen-bond acceptors (Lipinski definition) is 3. The fraction of sp³-hybridized carbons (Fsp3) is 0.600. The zero-order chi connectivity index (χ0) is 12.5. The van der Waals surface area contributed by atoms with Gasteiger partial charge in [-0.05, 0) is 24.0 Å². The summed E-state index contributed by atoms with van der Waals surface area (Å²) in [5.41, 5.74) is 4.18. The third kappa shape index (κ3) is 2.02. The molecule has 1 fully saturated rings. The molecule has 3 nitrogen and oxygen atoms in total. The van der Waals surface area contributed by atoms with Gasteiger partial charge in [0.25, 0.3) is 0 Å². The minimum Gasteiger partial charge on any atom is -0.384 e. The Morgan fingerprint density at radius 3 is 2.83 bits per heavy atom. The summed E-state index contributed by atoms with van der Waals surface area (Å²) in [5, 5.41) is 3.59. The van der Waals surface area contributed by atoms with E-state index >= 15 is 0 Å². The van der Waals surface area contributed by atoms with Crippen molar-refractivity contribution in [3.8, 4) is 0 Å². The number of rotatable bonds is 1. The monoisotopic (exact) mass is 246 g/mol. The van der Waals surface area contributed by atoms with E-state index in [1.165, 1.54) is 16.8 Å².